The molecule has 92 heavy (non-hydrogen) atoms. The van der Waals surface area contributed by atoms with Crippen molar-refractivity contribution in [2.24, 2.45) is 0 Å². The van der Waals surface area contributed by atoms with Gasteiger partial charge in [0.2, 0.25) is 0 Å². The Balaban J connectivity index is -0.0000000899. The van der Waals surface area contributed by atoms with E-state index in [9.17, 15) is 24.0 Å². The van der Waals surface area contributed by atoms with Crippen molar-refractivity contribution in [2.45, 2.75) is 227 Å². The van der Waals surface area contributed by atoms with Crippen molar-refractivity contribution < 1.29 is 118 Å². The highest BCUT2D eigenvalue weighted by Crippen LogP contribution is 2.14. The molecule has 24 heteroatoms. The molecule has 1 atom stereocenters. The minimum absolute atomic E-state index is 0. The lowest BCUT2D eigenvalue weighted by Gasteiger charge is -2.11. The SMILES string of the molecule is C.C.C.C.C.C.C.C.CC(COCCO)OCCO.O=C(CCCCCO)OCCOCCOC(=O)CCCCCO.O=C(OCCCCCCO)OCCCCCCO.O=C(OCCCCCCO)c1ccccc1C(=O)OCCCCCCO.OC/C=C/CO. The summed E-state index contributed by atoms with van der Waals surface area (Å²) in [7, 11) is 0. The number of hydrogen-bond donors (Lipinski definition) is 10. The third-order valence-electron chi connectivity index (χ3n) is 11.0. The number of esters is 4. The lowest BCUT2D eigenvalue weighted by molar-refractivity contribution is -0.146. The van der Waals surface area contributed by atoms with Crippen molar-refractivity contribution in [1.29, 1.82) is 0 Å². The van der Waals surface area contributed by atoms with Crippen LogP contribution in [0.2, 0.25) is 0 Å². The molecule has 0 heterocycles. The summed E-state index contributed by atoms with van der Waals surface area (Å²) in [5.74, 6) is -1.58. The van der Waals surface area contributed by atoms with Crippen LogP contribution in [0.4, 0.5) is 4.79 Å². The van der Waals surface area contributed by atoms with Crippen LogP contribution in [-0.4, -0.2) is 226 Å². The van der Waals surface area contributed by atoms with Crippen molar-refractivity contribution in [3.05, 3.63) is 47.5 Å². The normalized spacial score (nSPS) is 9.90. The van der Waals surface area contributed by atoms with Crippen molar-refractivity contribution in [3.63, 3.8) is 0 Å². The Morgan fingerprint density at radius 3 is 0.946 bits per heavy atom. The summed E-state index contributed by atoms with van der Waals surface area (Å²) in [5.41, 5.74) is 0.432. The first-order chi connectivity index (χ1) is 40.9. The van der Waals surface area contributed by atoms with E-state index in [1.54, 1.807) is 24.3 Å². The molecule has 1 unspecified atom stereocenters. The van der Waals surface area contributed by atoms with Gasteiger partial charge in [-0.3, -0.25) is 9.59 Å². The topological polar surface area (TPSA) is 371 Å². The summed E-state index contributed by atoms with van der Waals surface area (Å²) in [4.78, 5) is 58.1. The van der Waals surface area contributed by atoms with Gasteiger partial charge >= 0.3 is 30.0 Å². The molecule has 0 bridgehead atoms. The van der Waals surface area contributed by atoms with E-state index in [1.165, 1.54) is 12.2 Å². The lowest BCUT2D eigenvalue weighted by Crippen LogP contribution is -2.18. The Hall–Kier alpha value is -4.41. The quantitative estimate of drug-likeness (QED) is 0.0125. The van der Waals surface area contributed by atoms with Gasteiger partial charge in [-0.2, -0.15) is 0 Å². The number of ether oxygens (including phenoxy) is 9. The first kappa shape index (κ1) is 115. The van der Waals surface area contributed by atoms with Gasteiger partial charge in [0.05, 0.1) is 103 Å². The number of unbranched alkanes of at least 4 members (excludes halogenated alkanes) is 16. The average Bonchev–Trinajstić information content (AvgIpc) is 0.924. The van der Waals surface area contributed by atoms with Crippen molar-refractivity contribution in [3.8, 4) is 0 Å². The molecular weight excluding hydrogens is 1200 g/mol. The maximum atomic E-state index is 12.2. The monoisotopic (exact) mass is 1340 g/mol. The van der Waals surface area contributed by atoms with Gasteiger partial charge in [0, 0.05) is 52.5 Å². The second kappa shape index (κ2) is 100. The van der Waals surface area contributed by atoms with Gasteiger partial charge in [-0.05, 0) is 122 Å². The molecular formula is C68H142O24. The third kappa shape index (κ3) is 94.3. The lowest BCUT2D eigenvalue weighted by atomic mass is 10.1. The molecule has 0 aliphatic heterocycles. The molecule has 1 aromatic carbocycles. The van der Waals surface area contributed by atoms with E-state index >= 15 is 0 Å². The number of aliphatic hydroxyl groups is 10. The Kier molecular flexibility index (Phi) is 125. The number of rotatable bonds is 51. The molecule has 0 spiro atoms. The Bertz CT molecular complexity index is 1490. The predicted octanol–water partition coefficient (Wildman–Crippen LogP) is 10.6. The fourth-order valence-electron chi connectivity index (χ4n) is 6.50. The van der Waals surface area contributed by atoms with Crippen molar-refractivity contribution in [1.82, 2.24) is 0 Å². The molecule has 0 aromatic heterocycles. The van der Waals surface area contributed by atoms with Crippen LogP contribution in [0.3, 0.4) is 0 Å². The number of carbonyl (C=O) groups excluding carboxylic acids is 5. The van der Waals surface area contributed by atoms with E-state index in [0.717, 1.165) is 116 Å². The number of hydrogen-bond acceptors (Lipinski definition) is 24. The van der Waals surface area contributed by atoms with Gasteiger partial charge in [0.15, 0.2) is 0 Å². The summed E-state index contributed by atoms with van der Waals surface area (Å²) in [5, 5.41) is 84.5. The summed E-state index contributed by atoms with van der Waals surface area (Å²) in [6.07, 6.45) is 21.1. The zero-order valence-corrected chi connectivity index (χ0v) is 50.5. The number of benzene rings is 1. The van der Waals surface area contributed by atoms with Crippen LogP contribution >= 0.6 is 0 Å². The predicted molar refractivity (Wildman–Crippen MR) is 368 cm³/mol. The van der Waals surface area contributed by atoms with Crippen LogP contribution in [0.25, 0.3) is 0 Å². The largest absolute Gasteiger partial charge is 0.508 e. The molecule has 24 nitrogen and oxygen atoms in total. The average molecular weight is 1340 g/mol. The summed E-state index contributed by atoms with van der Waals surface area (Å²) >= 11 is 0. The van der Waals surface area contributed by atoms with E-state index in [1.807, 2.05) is 6.92 Å². The van der Waals surface area contributed by atoms with Crippen LogP contribution in [-0.2, 0) is 52.2 Å². The van der Waals surface area contributed by atoms with Gasteiger partial charge in [0.25, 0.3) is 0 Å². The van der Waals surface area contributed by atoms with Crippen LogP contribution < -0.4 is 0 Å². The van der Waals surface area contributed by atoms with E-state index in [4.69, 9.17) is 93.7 Å². The molecule has 0 aliphatic rings. The van der Waals surface area contributed by atoms with Gasteiger partial charge in [-0.15, -0.1) is 0 Å². The molecule has 0 saturated heterocycles. The second-order valence-electron chi connectivity index (χ2n) is 18.5. The third-order valence-corrected chi connectivity index (χ3v) is 11.0. The fraction of sp³-hybridized carbons (Fsp3) is 0.809. The maximum absolute atomic E-state index is 12.2. The van der Waals surface area contributed by atoms with E-state index in [0.29, 0.717) is 84.8 Å². The first-order valence-electron chi connectivity index (χ1n) is 30.0. The highest BCUT2D eigenvalue weighted by molar-refractivity contribution is 6.03. The smallest absolute Gasteiger partial charge is 0.463 e. The molecule has 558 valence electrons. The Morgan fingerprint density at radius 2 is 0.641 bits per heavy atom. The first-order valence-corrected chi connectivity index (χ1v) is 30.0. The van der Waals surface area contributed by atoms with Gasteiger partial charge in [-0.1, -0.05) is 122 Å². The minimum atomic E-state index is -0.598. The van der Waals surface area contributed by atoms with Crippen molar-refractivity contribution in [2.75, 3.05) is 139 Å². The number of aliphatic hydroxyl groups excluding tert-OH is 10. The van der Waals surface area contributed by atoms with Gasteiger partial charge < -0.3 is 93.7 Å². The van der Waals surface area contributed by atoms with E-state index in [2.05, 4.69) is 0 Å². The molecule has 1 rings (SSSR count). The standard InChI is InChI=1S/C20H30O6.C16H30O7.C13H26O5.C7H16O4.C4H8O2.8CH4/c21-13-7-1-3-9-15-25-19(23)17-11-5-6-12-18(17)20(24)26-16-10-4-2-8-14-22;17-9-5-1-3-7-15(19)22-13-11-21-12-14-23-16(20)8-4-2-6-10-18;14-9-5-1-3-7-11-17-13(16)18-12-8-4-2-6-10-15;1-7(11-5-3-9)6-10-4-2-8;5-3-1-2-4-6;;;;;;;;/h5-6,11-12,21-22H,1-4,7-10,13-16H2;17-18H,1-14H2;14-15H,1-12H2;7-9H,2-6H2,1H3;1-2,5-6H,3-4H2;8*1H4/b;;;;2-1+;;;;;;;;. The zero-order chi connectivity index (χ0) is 63.0. The molecule has 0 amide bonds. The Morgan fingerprint density at radius 1 is 0.337 bits per heavy atom. The zero-order valence-electron chi connectivity index (χ0n) is 50.5. The molecule has 0 fully saturated rings. The Labute approximate surface area is 558 Å². The second-order valence-corrected chi connectivity index (χ2v) is 18.5. The van der Waals surface area contributed by atoms with E-state index in [-0.39, 0.29) is 181 Å². The number of carbonyl (C=O) groups is 5. The van der Waals surface area contributed by atoms with E-state index < -0.39 is 18.1 Å². The molecule has 0 aliphatic carbocycles. The summed E-state index contributed by atoms with van der Waals surface area (Å²) < 4.78 is 45.5. The maximum Gasteiger partial charge on any atom is 0.508 e. The highest BCUT2D eigenvalue weighted by atomic mass is 16.7. The molecule has 0 radical (unpaired) electrons. The molecule has 0 saturated carbocycles. The van der Waals surface area contributed by atoms with Gasteiger partial charge in [-0.25, -0.2) is 14.4 Å². The molecule has 10 N–H and O–H groups in total. The minimum Gasteiger partial charge on any atom is -0.463 e. The van der Waals surface area contributed by atoms with Crippen LogP contribution in [0.1, 0.15) is 241 Å². The van der Waals surface area contributed by atoms with Gasteiger partial charge in [0.1, 0.15) is 13.2 Å². The van der Waals surface area contributed by atoms with Crippen LogP contribution in [0.15, 0.2) is 36.4 Å². The fourth-order valence-corrected chi connectivity index (χ4v) is 6.50. The summed E-state index contributed by atoms with van der Waals surface area (Å²) in [6.45, 7) is 6.45. The van der Waals surface area contributed by atoms with Crippen molar-refractivity contribution >= 4 is 30.0 Å². The highest BCUT2D eigenvalue weighted by Gasteiger charge is 2.19. The molecule has 1 aromatic rings. The van der Waals surface area contributed by atoms with Crippen LogP contribution in [0.5, 0.6) is 0 Å². The van der Waals surface area contributed by atoms with Crippen LogP contribution in [0, 0.1) is 0 Å². The summed E-state index contributed by atoms with van der Waals surface area (Å²) in [6, 6.07) is 6.49.